The first-order chi connectivity index (χ1) is 9.20. The number of nitrogens with zero attached hydrogens (tertiary/aromatic N) is 3. The topological polar surface area (TPSA) is 79.5 Å². The van der Waals surface area contributed by atoms with E-state index in [0.29, 0.717) is 11.6 Å². The third-order valence-corrected chi connectivity index (χ3v) is 3.75. The van der Waals surface area contributed by atoms with Gasteiger partial charge in [-0.25, -0.2) is 9.78 Å². The number of carboxylic acid groups (broad SMARTS) is 1. The van der Waals surface area contributed by atoms with Crippen molar-refractivity contribution in [2.24, 2.45) is 0 Å². The Bertz CT molecular complexity index is 629. The molecule has 0 saturated heterocycles. The molecule has 0 radical (unpaired) electrons. The Kier molecular flexibility index (Phi) is 2.85. The lowest BCUT2D eigenvalue weighted by molar-refractivity contribution is 0.0699. The van der Waals surface area contributed by atoms with Crippen LogP contribution in [0.2, 0.25) is 0 Å². The molecule has 0 aliphatic heterocycles. The van der Waals surface area contributed by atoms with Crippen molar-refractivity contribution in [3.8, 4) is 0 Å². The van der Waals surface area contributed by atoms with E-state index in [1.807, 2.05) is 6.07 Å². The highest BCUT2D eigenvalue weighted by Crippen LogP contribution is 2.34. The summed E-state index contributed by atoms with van der Waals surface area (Å²) < 4.78 is 1.54. The minimum Gasteiger partial charge on any atom is -0.477 e. The normalized spacial score (nSPS) is 16.1. The standard InChI is InChI=1S/C13H16N4O2/c1-14-11-6-10(8-4-2-3-5-8)16-12-9(13(18)19)7-15-17(11)12/h6-8,14H,2-5H2,1H3,(H,18,19). The first-order valence-corrected chi connectivity index (χ1v) is 6.50. The molecule has 2 N–H and O–H groups in total. The van der Waals surface area contributed by atoms with Gasteiger partial charge in [0.05, 0.1) is 6.20 Å². The van der Waals surface area contributed by atoms with Crippen LogP contribution in [0.4, 0.5) is 5.82 Å². The molecule has 1 aliphatic rings. The van der Waals surface area contributed by atoms with Crippen LogP contribution in [0, 0.1) is 0 Å². The molecule has 0 spiro atoms. The molecule has 1 fully saturated rings. The van der Waals surface area contributed by atoms with Crippen LogP contribution in [-0.4, -0.2) is 32.7 Å². The zero-order valence-electron chi connectivity index (χ0n) is 10.8. The van der Waals surface area contributed by atoms with Crippen molar-refractivity contribution >= 4 is 17.4 Å². The van der Waals surface area contributed by atoms with E-state index in [4.69, 9.17) is 0 Å². The summed E-state index contributed by atoms with van der Waals surface area (Å²) in [4.78, 5) is 15.7. The monoisotopic (exact) mass is 260 g/mol. The zero-order chi connectivity index (χ0) is 13.4. The third kappa shape index (κ3) is 1.93. The number of anilines is 1. The molecule has 2 aromatic heterocycles. The van der Waals surface area contributed by atoms with Crippen LogP contribution in [0.5, 0.6) is 0 Å². The Morgan fingerprint density at radius 2 is 2.21 bits per heavy atom. The smallest absolute Gasteiger partial charge is 0.341 e. The maximum atomic E-state index is 11.2. The molecule has 0 amide bonds. The van der Waals surface area contributed by atoms with E-state index in [1.165, 1.54) is 19.0 Å². The van der Waals surface area contributed by atoms with E-state index in [2.05, 4.69) is 15.4 Å². The van der Waals surface area contributed by atoms with E-state index in [1.54, 1.807) is 11.6 Å². The van der Waals surface area contributed by atoms with Gasteiger partial charge in [0.15, 0.2) is 5.65 Å². The number of hydrogen-bond donors (Lipinski definition) is 2. The number of aromatic carboxylic acids is 1. The van der Waals surface area contributed by atoms with Crippen LogP contribution >= 0.6 is 0 Å². The van der Waals surface area contributed by atoms with Gasteiger partial charge < -0.3 is 10.4 Å². The lowest BCUT2D eigenvalue weighted by Gasteiger charge is -2.12. The fourth-order valence-corrected chi connectivity index (χ4v) is 2.74. The van der Waals surface area contributed by atoms with E-state index in [0.717, 1.165) is 24.4 Å². The highest BCUT2D eigenvalue weighted by atomic mass is 16.4. The first-order valence-electron chi connectivity index (χ1n) is 6.50. The van der Waals surface area contributed by atoms with E-state index in [-0.39, 0.29) is 5.56 Å². The van der Waals surface area contributed by atoms with Crippen molar-refractivity contribution in [2.45, 2.75) is 31.6 Å². The molecule has 100 valence electrons. The Morgan fingerprint density at radius 1 is 1.47 bits per heavy atom. The minimum atomic E-state index is -0.992. The zero-order valence-corrected chi connectivity index (χ0v) is 10.8. The summed E-state index contributed by atoms with van der Waals surface area (Å²) in [5, 5.41) is 16.3. The Labute approximate surface area is 110 Å². The van der Waals surface area contributed by atoms with Gasteiger partial charge >= 0.3 is 5.97 Å². The summed E-state index contributed by atoms with van der Waals surface area (Å²) >= 11 is 0. The van der Waals surface area contributed by atoms with Gasteiger partial charge in [-0.15, -0.1) is 0 Å². The summed E-state index contributed by atoms with van der Waals surface area (Å²) in [5.74, 6) is 0.223. The Hall–Kier alpha value is -2.11. The number of rotatable bonds is 3. The van der Waals surface area contributed by atoms with Crippen LogP contribution in [0.1, 0.15) is 47.7 Å². The van der Waals surface area contributed by atoms with Gasteiger partial charge in [-0.05, 0) is 12.8 Å². The fraction of sp³-hybridized carbons (Fsp3) is 0.462. The van der Waals surface area contributed by atoms with Crippen LogP contribution in [0.3, 0.4) is 0 Å². The number of aromatic nitrogens is 3. The molecule has 3 rings (SSSR count). The molecule has 1 aliphatic carbocycles. The minimum absolute atomic E-state index is 0.149. The van der Waals surface area contributed by atoms with Gasteiger partial charge in [-0.1, -0.05) is 12.8 Å². The molecule has 0 bridgehead atoms. The van der Waals surface area contributed by atoms with Gasteiger partial charge in [0.1, 0.15) is 11.4 Å². The lowest BCUT2D eigenvalue weighted by Crippen LogP contribution is -2.07. The molecule has 0 atom stereocenters. The largest absolute Gasteiger partial charge is 0.477 e. The maximum absolute atomic E-state index is 11.2. The summed E-state index contributed by atoms with van der Waals surface area (Å²) in [6, 6.07) is 1.97. The quantitative estimate of drug-likeness (QED) is 0.883. The molecule has 19 heavy (non-hydrogen) atoms. The van der Waals surface area contributed by atoms with Crippen LogP contribution < -0.4 is 5.32 Å². The summed E-state index contributed by atoms with van der Waals surface area (Å²) in [5.41, 5.74) is 1.54. The molecule has 2 heterocycles. The highest BCUT2D eigenvalue weighted by Gasteiger charge is 2.22. The van der Waals surface area contributed by atoms with Crippen molar-refractivity contribution < 1.29 is 9.90 Å². The molecular weight excluding hydrogens is 244 g/mol. The molecule has 0 unspecified atom stereocenters. The van der Waals surface area contributed by atoms with E-state index >= 15 is 0 Å². The number of nitrogens with one attached hydrogen (secondary N) is 1. The van der Waals surface area contributed by atoms with Crippen molar-refractivity contribution in [1.82, 2.24) is 14.6 Å². The van der Waals surface area contributed by atoms with Gasteiger partial charge in [0.2, 0.25) is 0 Å². The number of carbonyl (C=O) groups is 1. The van der Waals surface area contributed by atoms with Crippen molar-refractivity contribution in [1.29, 1.82) is 0 Å². The predicted octanol–water partition coefficient (Wildman–Crippen LogP) is 2.13. The van der Waals surface area contributed by atoms with E-state index in [9.17, 15) is 9.90 Å². The second kappa shape index (κ2) is 4.53. The van der Waals surface area contributed by atoms with Gasteiger partial charge in [-0.2, -0.15) is 9.61 Å². The maximum Gasteiger partial charge on any atom is 0.341 e. The molecule has 2 aromatic rings. The number of carboxylic acids is 1. The average Bonchev–Trinajstić information content (AvgIpc) is 3.06. The van der Waals surface area contributed by atoms with Gasteiger partial charge in [0, 0.05) is 24.7 Å². The van der Waals surface area contributed by atoms with Crippen molar-refractivity contribution in [3.63, 3.8) is 0 Å². The number of hydrogen-bond acceptors (Lipinski definition) is 4. The molecule has 6 nitrogen and oxygen atoms in total. The summed E-state index contributed by atoms with van der Waals surface area (Å²) in [6.45, 7) is 0. The molecule has 6 heteroatoms. The van der Waals surface area contributed by atoms with Gasteiger partial charge in [0.25, 0.3) is 0 Å². The Balaban J connectivity index is 2.18. The summed E-state index contributed by atoms with van der Waals surface area (Å²) in [7, 11) is 1.80. The number of fused-ring (bicyclic) bond motifs is 1. The lowest BCUT2D eigenvalue weighted by atomic mass is 10.0. The summed E-state index contributed by atoms with van der Waals surface area (Å²) in [6.07, 6.45) is 6.05. The second-order valence-corrected chi connectivity index (χ2v) is 4.90. The third-order valence-electron chi connectivity index (χ3n) is 3.75. The Morgan fingerprint density at radius 3 is 2.84 bits per heavy atom. The van der Waals surface area contributed by atoms with Crippen molar-refractivity contribution in [3.05, 3.63) is 23.5 Å². The molecule has 1 saturated carbocycles. The van der Waals surface area contributed by atoms with Crippen LogP contribution in [0.15, 0.2) is 12.3 Å². The first kappa shape index (κ1) is 12.0. The average molecular weight is 260 g/mol. The fourth-order valence-electron chi connectivity index (χ4n) is 2.74. The predicted molar refractivity (Wildman–Crippen MR) is 70.7 cm³/mol. The highest BCUT2D eigenvalue weighted by molar-refractivity contribution is 5.94. The van der Waals surface area contributed by atoms with Crippen molar-refractivity contribution in [2.75, 3.05) is 12.4 Å². The molecular formula is C13H16N4O2. The second-order valence-electron chi connectivity index (χ2n) is 4.90. The molecule has 0 aromatic carbocycles. The van der Waals surface area contributed by atoms with E-state index < -0.39 is 5.97 Å². The van der Waals surface area contributed by atoms with Crippen LogP contribution in [0.25, 0.3) is 5.65 Å². The SMILES string of the molecule is CNc1cc(C2CCCC2)nc2c(C(=O)O)cnn12. The van der Waals surface area contributed by atoms with Crippen LogP contribution in [-0.2, 0) is 0 Å². The van der Waals surface area contributed by atoms with Gasteiger partial charge in [-0.3, -0.25) is 0 Å².